The van der Waals surface area contributed by atoms with Crippen molar-refractivity contribution in [2.24, 2.45) is 5.16 Å². The first-order chi connectivity index (χ1) is 13.5. The zero-order chi connectivity index (χ0) is 19.7. The molecular formula is C19H20FN5O3. The quantitative estimate of drug-likeness (QED) is 0.778. The highest BCUT2D eigenvalue weighted by atomic mass is 19.1. The molecule has 1 N–H and O–H groups in total. The number of amides is 1. The molecule has 8 nitrogen and oxygen atoms in total. The number of aliphatic hydroxyl groups excluding tert-OH is 1. The average Bonchev–Trinajstić information content (AvgIpc) is 2.62. The number of nitrogens with zero attached hydrogens (tertiary/aromatic N) is 5. The van der Waals surface area contributed by atoms with E-state index in [0.717, 1.165) is 5.71 Å². The third-order valence-corrected chi connectivity index (χ3v) is 4.85. The highest BCUT2D eigenvalue weighted by Crippen LogP contribution is 2.25. The molecule has 2 aromatic rings. The molecule has 1 amide bonds. The minimum atomic E-state index is -0.462. The second kappa shape index (κ2) is 7.51. The Morgan fingerprint density at radius 1 is 1.32 bits per heavy atom. The van der Waals surface area contributed by atoms with E-state index in [0.29, 0.717) is 43.3 Å². The summed E-state index contributed by atoms with van der Waals surface area (Å²) >= 11 is 0. The predicted molar refractivity (Wildman–Crippen MR) is 100 cm³/mol. The number of halogens is 1. The van der Waals surface area contributed by atoms with Gasteiger partial charge in [0.1, 0.15) is 5.82 Å². The summed E-state index contributed by atoms with van der Waals surface area (Å²) in [6, 6.07) is 4.86. The lowest BCUT2D eigenvalue weighted by Crippen LogP contribution is -2.54. The van der Waals surface area contributed by atoms with Crippen molar-refractivity contribution in [2.45, 2.75) is 19.6 Å². The summed E-state index contributed by atoms with van der Waals surface area (Å²) in [5, 5.41) is 13.3. The summed E-state index contributed by atoms with van der Waals surface area (Å²) in [6.07, 6.45) is 3.10. The van der Waals surface area contributed by atoms with Crippen molar-refractivity contribution >= 4 is 17.6 Å². The Balaban J connectivity index is 1.33. The molecule has 1 aromatic heterocycles. The van der Waals surface area contributed by atoms with Crippen LogP contribution >= 0.6 is 0 Å². The maximum atomic E-state index is 14.3. The van der Waals surface area contributed by atoms with Gasteiger partial charge in [-0.2, -0.15) is 0 Å². The maximum Gasteiger partial charge on any atom is 0.225 e. The molecule has 0 spiro atoms. The van der Waals surface area contributed by atoms with Crippen molar-refractivity contribution in [3.8, 4) is 11.1 Å². The Morgan fingerprint density at radius 2 is 2.04 bits per heavy atom. The Kier molecular flexibility index (Phi) is 4.91. The number of hydrogen-bond donors (Lipinski definition) is 1. The van der Waals surface area contributed by atoms with Gasteiger partial charge in [0.15, 0.2) is 6.10 Å². The minimum absolute atomic E-state index is 0.0365. The first-order valence-corrected chi connectivity index (χ1v) is 8.98. The van der Waals surface area contributed by atoms with Crippen LogP contribution in [0.5, 0.6) is 0 Å². The van der Waals surface area contributed by atoms with Crippen LogP contribution in [-0.4, -0.2) is 63.9 Å². The third kappa shape index (κ3) is 3.53. The summed E-state index contributed by atoms with van der Waals surface area (Å²) in [5.74, 6) is 0.120. The van der Waals surface area contributed by atoms with Crippen molar-refractivity contribution in [1.29, 1.82) is 0 Å². The highest BCUT2D eigenvalue weighted by molar-refractivity contribution is 5.98. The van der Waals surface area contributed by atoms with Crippen LogP contribution < -0.4 is 4.90 Å². The van der Waals surface area contributed by atoms with Gasteiger partial charge in [-0.1, -0.05) is 23.4 Å². The number of carbonyl (C=O) groups is 1. The topological polar surface area (TPSA) is 91.2 Å². The molecule has 0 unspecified atom stereocenters. The Hall–Kier alpha value is -3.07. The van der Waals surface area contributed by atoms with E-state index >= 15 is 0 Å². The zero-order valence-electron chi connectivity index (χ0n) is 15.4. The van der Waals surface area contributed by atoms with Crippen LogP contribution in [0.3, 0.4) is 0 Å². The average molecular weight is 385 g/mol. The Labute approximate surface area is 161 Å². The normalized spacial score (nSPS) is 16.5. The molecule has 9 heteroatoms. The van der Waals surface area contributed by atoms with Gasteiger partial charge in [-0.3, -0.25) is 4.79 Å². The van der Waals surface area contributed by atoms with Gasteiger partial charge in [0.25, 0.3) is 0 Å². The van der Waals surface area contributed by atoms with E-state index in [1.165, 1.54) is 13.0 Å². The summed E-state index contributed by atoms with van der Waals surface area (Å²) in [4.78, 5) is 28.8. The number of aliphatic hydroxyl groups is 1. The van der Waals surface area contributed by atoms with Gasteiger partial charge in [-0.15, -0.1) is 0 Å². The first-order valence-electron chi connectivity index (χ1n) is 8.98. The SMILES string of the molecule is CC(=O)N1CC(ON=C2CN(c3ncc(-c4cccc(CO)c4F)cn3)C2)C1. The van der Waals surface area contributed by atoms with Crippen molar-refractivity contribution in [2.75, 3.05) is 31.1 Å². The van der Waals surface area contributed by atoms with Crippen LogP contribution in [0.25, 0.3) is 11.1 Å². The van der Waals surface area contributed by atoms with E-state index in [1.807, 2.05) is 4.90 Å². The molecule has 2 aliphatic heterocycles. The number of anilines is 1. The molecule has 28 heavy (non-hydrogen) atoms. The van der Waals surface area contributed by atoms with Crippen LogP contribution in [-0.2, 0) is 16.2 Å². The van der Waals surface area contributed by atoms with Crippen LogP contribution in [0.1, 0.15) is 12.5 Å². The fourth-order valence-corrected chi connectivity index (χ4v) is 3.05. The molecule has 2 fully saturated rings. The maximum absolute atomic E-state index is 14.3. The lowest BCUT2D eigenvalue weighted by molar-refractivity contribution is -0.142. The molecular weight excluding hydrogens is 365 g/mol. The molecule has 0 radical (unpaired) electrons. The molecule has 0 bridgehead atoms. The number of likely N-dealkylation sites (tertiary alicyclic amines) is 1. The van der Waals surface area contributed by atoms with Gasteiger partial charge < -0.3 is 19.7 Å². The van der Waals surface area contributed by atoms with Gasteiger partial charge >= 0.3 is 0 Å². The van der Waals surface area contributed by atoms with Crippen LogP contribution in [0.4, 0.5) is 10.3 Å². The van der Waals surface area contributed by atoms with E-state index in [9.17, 15) is 14.3 Å². The number of hydrogen-bond acceptors (Lipinski definition) is 7. The molecule has 146 valence electrons. The fourth-order valence-electron chi connectivity index (χ4n) is 3.05. The second-order valence-electron chi connectivity index (χ2n) is 6.87. The monoisotopic (exact) mass is 385 g/mol. The molecule has 4 rings (SSSR count). The van der Waals surface area contributed by atoms with Gasteiger partial charge in [0.05, 0.1) is 38.5 Å². The minimum Gasteiger partial charge on any atom is -0.392 e. The largest absolute Gasteiger partial charge is 0.392 e. The molecule has 2 saturated heterocycles. The van der Waals surface area contributed by atoms with Gasteiger partial charge in [0.2, 0.25) is 11.9 Å². The zero-order valence-corrected chi connectivity index (χ0v) is 15.4. The van der Waals surface area contributed by atoms with E-state index in [4.69, 9.17) is 4.84 Å². The lowest BCUT2D eigenvalue weighted by Gasteiger charge is -2.37. The van der Waals surface area contributed by atoms with Crippen LogP contribution in [0.2, 0.25) is 0 Å². The van der Waals surface area contributed by atoms with Gasteiger partial charge in [-0.25, -0.2) is 14.4 Å². The van der Waals surface area contributed by atoms with E-state index in [2.05, 4.69) is 15.1 Å². The molecule has 0 atom stereocenters. The van der Waals surface area contributed by atoms with E-state index in [-0.39, 0.29) is 24.2 Å². The smallest absolute Gasteiger partial charge is 0.225 e. The molecule has 3 heterocycles. The lowest BCUT2D eigenvalue weighted by atomic mass is 10.1. The molecule has 0 saturated carbocycles. The number of rotatable bonds is 5. The standard InChI is InChI=1S/C19H20FN5O3/c1-12(27)24-9-16(10-24)28-23-15-7-25(8-15)19-21-5-14(6-22-19)17-4-2-3-13(11-26)18(17)20/h2-6,16,26H,7-11H2,1H3. The number of carbonyl (C=O) groups excluding carboxylic acids is 1. The number of aromatic nitrogens is 2. The predicted octanol–water partition coefficient (Wildman–Crippen LogP) is 1.20. The number of oxime groups is 1. The second-order valence-corrected chi connectivity index (χ2v) is 6.87. The molecule has 2 aliphatic rings. The van der Waals surface area contributed by atoms with E-state index < -0.39 is 5.82 Å². The van der Waals surface area contributed by atoms with Crippen LogP contribution in [0.15, 0.2) is 35.7 Å². The van der Waals surface area contributed by atoms with Gasteiger partial charge in [0, 0.05) is 36.0 Å². The summed E-state index contributed by atoms with van der Waals surface area (Å²) in [7, 11) is 0. The fraction of sp³-hybridized carbons (Fsp3) is 0.368. The van der Waals surface area contributed by atoms with Crippen molar-refractivity contribution in [3.05, 3.63) is 42.0 Å². The van der Waals surface area contributed by atoms with E-state index in [1.54, 1.807) is 29.4 Å². The highest BCUT2D eigenvalue weighted by Gasteiger charge is 2.31. The first kappa shape index (κ1) is 18.3. The van der Waals surface area contributed by atoms with Crippen molar-refractivity contribution in [3.63, 3.8) is 0 Å². The van der Waals surface area contributed by atoms with Crippen molar-refractivity contribution < 1.29 is 19.1 Å². The Morgan fingerprint density at radius 3 is 2.68 bits per heavy atom. The summed E-state index contributed by atoms with van der Waals surface area (Å²) in [6.45, 7) is 3.47. The van der Waals surface area contributed by atoms with Crippen molar-refractivity contribution in [1.82, 2.24) is 14.9 Å². The molecule has 1 aromatic carbocycles. The third-order valence-electron chi connectivity index (χ3n) is 4.85. The summed E-state index contributed by atoms with van der Waals surface area (Å²) < 4.78 is 14.3. The summed E-state index contributed by atoms with van der Waals surface area (Å²) in [5.41, 5.74) is 2.03. The molecule has 0 aliphatic carbocycles. The Bertz CT molecular complexity index is 904. The van der Waals surface area contributed by atoms with Crippen LogP contribution in [0, 0.1) is 5.82 Å². The van der Waals surface area contributed by atoms with Gasteiger partial charge in [-0.05, 0) is 0 Å². The number of benzene rings is 1.